The van der Waals surface area contributed by atoms with Crippen molar-refractivity contribution in [3.63, 3.8) is 0 Å². The molecule has 0 aliphatic heterocycles. The SMILES string of the molecule is CC1CCCCC1NCCOc1ccc(Cl)c(F)c1. The van der Waals surface area contributed by atoms with Crippen LogP contribution in [0.15, 0.2) is 18.2 Å². The van der Waals surface area contributed by atoms with E-state index in [4.69, 9.17) is 16.3 Å². The minimum Gasteiger partial charge on any atom is -0.492 e. The first kappa shape index (κ1) is 14.6. The molecule has 1 aromatic rings. The molecule has 106 valence electrons. The van der Waals surface area contributed by atoms with Crippen molar-refractivity contribution in [2.24, 2.45) is 5.92 Å². The maximum atomic E-state index is 13.2. The van der Waals surface area contributed by atoms with Gasteiger partial charge in [-0.05, 0) is 30.9 Å². The average Bonchev–Trinajstić information content (AvgIpc) is 2.40. The van der Waals surface area contributed by atoms with Crippen LogP contribution in [0.4, 0.5) is 4.39 Å². The summed E-state index contributed by atoms with van der Waals surface area (Å²) in [5.41, 5.74) is 0. The molecule has 0 radical (unpaired) electrons. The summed E-state index contributed by atoms with van der Waals surface area (Å²) < 4.78 is 18.7. The first-order valence-electron chi connectivity index (χ1n) is 6.98. The van der Waals surface area contributed by atoms with Crippen LogP contribution < -0.4 is 10.1 Å². The van der Waals surface area contributed by atoms with E-state index in [9.17, 15) is 4.39 Å². The predicted octanol–water partition coefficient (Wildman–Crippen LogP) is 4.03. The Morgan fingerprint density at radius 3 is 2.89 bits per heavy atom. The summed E-state index contributed by atoms with van der Waals surface area (Å²) >= 11 is 5.62. The summed E-state index contributed by atoms with van der Waals surface area (Å²) in [5, 5.41) is 3.65. The second kappa shape index (κ2) is 7.11. The summed E-state index contributed by atoms with van der Waals surface area (Å²) in [7, 11) is 0. The van der Waals surface area contributed by atoms with Crippen molar-refractivity contribution in [2.75, 3.05) is 13.2 Å². The Hall–Kier alpha value is -0.800. The lowest BCUT2D eigenvalue weighted by atomic mass is 9.86. The van der Waals surface area contributed by atoms with E-state index in [-0.39, 0.29) is 5.02 Å². The Morgan fingerprint density at radius 1 is 1.37 bits per heavy atom. The van der Waals surface area contributed by atoms with Gasteiger partial charge in [0.15, 0.2) is 0 Å². The van der Waals surface area contributed by atoms with Crippen molar-refractivity contribution in [3.05, 3.63) is 29.0 Å². The van der Waals surface area contributed by atoms with Crippen LogP contribution >= 0.6 is 11.6 Å². The van der Waals surface area contributed by atoms with Crippen molar-refractivity contribution >= 4 is 11.6 Å². The molecule has 19 heavy (non-hydrogen) atoms. The fraction of sp³-hybridized carbons (Fsp3) is 0.600. The molecule has 4 heteroatoms. The van der Waals surface area contributed by atoms with Gasteiger partial charge in [0, 0.05) is 18.7 Å². The van der Waals surface area contributed by atoms with Gasteiger partial charge < -0.3 is 10.1 Å². The lowest BCUT2D eigenvalue weighted by Crippen LogP contribution is -2.39. The average molecular weight is 286 g/mol. The van der Waals surface area contributed by atoms with Gasteiger partial charge in [-0.25, -0.2) is 4.39 Å². The molecule has 1 aliphatic rings. The topological polar surface area (TPSA) is 21.3 Å². The van der Waals surface area contributed by atoms with Crippen molar-refractivity contribution in [3.8, 4) is 5.75 Å². The van der Waals surface area contributed by atoms with E-state index in [1.54, 1.807) is 6.07 Å². The van der Waals surface area contributed by atoms with Gasteiger partial charge in [-0.1, -0.05) is 31.4 Å². The molecule has 2 unspecified atom stereocenters. The van der Waals surface area contributed by atoms with Gasteiger partial charge >= 0.3 is 0 Å². The number of ether oxygens (including phenoxy) is 1. The molecule has 0 spiro atoms. The van der Waals surface area contributed by atoms with E-state index in [1.165, 1.54) is 37.8 Å². The van der Waals surface area contributed by atoms with Gasteiger partial charge in [-0.2, -0.15) is 0 Å². The summed E-state index contributed by atoms with van der Waals surface area (Å²) in [6.07, 6.45) is 5.21. The first-order chi connectivity index (χ1) is 9.16. The smallest absolute Gasteiger partial charge is 0.145 e. The Bertz CT molecular complexity index is 413. The minimum atomic E-state index is -0.437. The molecule has 1 aliphatic carbocycles. The van der Waals surface area contributed by atoms with Gasteiger partial charge in [-0.3, -0.25) is 0 Å². The van der Waals surface area contributed by atoms with E-state index in [0.29, 0.717) is 18.4 Å². The Morgan fingerprint density at radius 2 is 2.16 bits per heavy atom. The van der Waals surface area contributed by atoms with E-state index in [1.807, 2.05) is 0 Å². The molecule has 0 saturated heterocycles. The number of rotatable bonds is 5. The molecule has 0 amide bonds. The van der Waals surface area contributed by atoms with Crippen LogP contribution in [0.5, 0.6) is 5.75 Å². The molecular formula is C15H21ClFNO. The maximum Gasteiger partial charge on any atom is 0.145 e. The zero-order chi connectivity index (χ0) is 13.7. The van der Waals surface area contributed by atoms with Crippen LogP contribution in [0.25, 0.3) is 0 Å². The highest BCUT2D eigenvalue weighted by molar-refractivity contribution is 6.30. The molecule has 0 heterocycles. The van der Waals surface area contributed by atoms with E-state index in [0.717, 1.165) is 12.5 Å². The van der Waals surface area contributed by atoms with Crippen molar-refractivity contribution in [1.82, 2.24) is 5.32 Å². The van der Waals surface area contributed by atoms with Gasteiger partial charge in [-0.15, -0.1) is 0 Å². The van der Waals surface area contributed by atoms with E-state index >= 15 is 0 Å². The van der Waals surface area contributed by atoms with Gasteiger partial charge in [0.2, 0.25) is 0 Å². The Kier molecular flexibility index (Phi) is 5.46. The summed E-state index contributed by atoms with van der Waals surface area (Å²) in [6, 6.07) is 5.13. The monoisotopic (exact) mass is 285 g/mol. The molecule has 1 aromatic carbocycles. The quantitative estimate of drug-likeness (QED) is 0.825. The van der Waals surface area contributed by atoms with Crippen molar-refractivity contribution in [2.45, 2.75) is 38.6 Å². The van der Waals surface area contributed by atoms with Crippen molar-refractivity contribution < 1.29 is 9.13 Å². The highest BCUT2D eigenvalue weighted by atomic mass is 35.5. The Labute approximate surface area is 119 Å². The highest BCUT2D eigenvalue weighted by Gasteiger charge is 2.20. The molecule has 2 nitrogen and oxygen atoms in total. The van der Waals surface area contributed by atoms with Gasteiger partial charge in [0.05, 0.1) is 5.02 Å². The molecule has 1 fully saturated rings. The standard InChI is InChI=1S/C15H21ClFNO/c1-11-4-2-3-5-15(11)18-8-9-19-12-6-7-13(16)14(17)10-12/h6-7,10-11,15,18H,2-5,8-9H2,1H3. The summed E-state index contributed by atoms with van der Waals surface area (Å²) in [4.78, 5) is 0. The van der Waals surface area contributed by atoms with Gasteiger partial charge in [0.1, 0.15) is 18.2 Å². The highest BCUT2D eigenvalue weighted by Crippen LogP contribution is 2.23. The molecule has 0 bridgehead atoms. The normalized spacial score (nSPS) is 23.3. The molecule has 0 aromatic heterocycles. The number of benzene rings is 1. The summed E-state index contributed by atoms with van der Waals surface area (Å²) in [6.45, 7) is 3.63. The second-order valence-corrected chi connectivity index (χ2v) is 5.65. The summed E-state index contributed by atoms with van der Waals surface area (Å²) in [5.74, 6) is 0.829. The fourth-order valence-electron chi connectivity index (χ4n) is 2.60. The van der Waals surface area contributed by atoms with Crippen LogP contribution in [-0.4, -0.2) is 19.2 Å². The molecular weight excluding hydrogens is 265 g/mol. The van der Waals surface area contributed by atoms with E-state index < -0.39 is 5.82 Å². The van der Waals surface area contributed by atoms with Crippen LogP contribution in [0.3, 0.4) is 0 Å². The first-order valence-corrected chi connectivity index (χ1v) is 7.36. The largest absolute Gasteiger partial charge is 0.492 e. The van der Waals surface area contributed by atoms with Gasteiger partial charge in [0.25, 0.3) is 0 Å². The molecule has 1 N–H and O–H groups in total. The maximum absolute atomic E-state index is 13.2. The van der Waals surface area contributed by atoms with Crippen LogP contribution in [0, 0.1) is 11.7 Å². The predicted molar refractivity (Wildman–Crippen MR) is 76.3 cm³/mol. The number of halogens is 2. The fourth-order valence-corrected chi connectivity index (χ4v) is 2.72. The third-order valence-corrected chi connectivity index (χ3v) is 4.09. The second-order valence-electron chi connectivity index (χ2n) is 5.25. The molecule has 2 rings (SSSR count). The number of nitrogens with one attached hydrogen (secondary N) is 1. The van der Waals surface area contributed by atoms with E-state index in [2.05, 4.69) is 12.2 Å². The van der Waals surface area contributed by atoms with Crippen LogP contribution in [-0.2, 0) is 0 Å². The lowest BCUT2D eigenvalue weighted by Gasteiger charge is -2.29. The number of hydrogen-bond donors (Lipinski definition) is 1. The van der Waals surface area contributed by atoms with Crippen LogP contribution in [0.2, 0.25) is 5.02 Å². The number of hydrogen-bond acceptors (Lipinski definition) is 2. The minimum absolute atomic E-state index is 0.126. The van der Waals surface area contributed by atoms with Crippen LogP contribution in [0.1, 0.15) is 32.6 Å². The third kappa shape index (κ3) is 4.36. The molecule has 1 saturated carbocycles. The molecule has 2 atom stereocenters. The third-order valence-electron chi connectivity index (χ3n) is 3.78. The van der Waals surface area contributed by atoms with Crippen molar-refractivity contribution in [1.29, 1.82) is 0 Å². The lowest BCUT2D eigenvalue weighted by molar-refractivity contribution is 0.251. The zero-order valence-electron chi connectivity index (χ0n) is 11.3. The zero-order valence-corrected chi connectivity index (χ0v) is 12.0. The Balaban J connectivity index is 1.70.